The highest BCUT2D eigenvalue weighted by atomic mass is 16.4. The number of carboxylic acid groups (broad SMARTS) is 1. The van der Waals surface area contributed by atoms with Crippen LogP contribution in [0.4, 0.5) is 0 Å². The zero-order valence-corrected chi connectivity index (χ0v) is 19.0. The number of carbonyl (C=O) groups is 3. The van der Waals surface area contributed by atoms with Crippen LogP contribution in [0.5, 0.6) is 0 Å². The molecule has 33 heavy (non-hydrogen) atoms. The van der Waals surface area contributed by atoms with E-state index in [0.717, 1.165) is 42.4 Å². The average molecular weight is 449 g/mol. The maximum absolute atomic E-state index is 13.3. The summed E-state index contributed by atoms with van der Waals surface area (Å²) >= 11 is 0. The molecule has 1 heterocycles. The van der Waals surface area contributed by atoms with Crippen molar-refractivity contribution < 1.29 is 19.5 Å². The van der Waals surface area contributed by atoms with E-state index in [2.05, 4.69) is 17.4 Å². The van der Waals surface area contributed by atoms with Gasteiger partial charge >= 0.3 is 5.97 Å². The summed E-state index contributed by atoms with van der Waals surface area (Å²) in [5.41, 5.74) is 2.27. The first-order valence-electron chi connectivity index (χ1n) is 11.9. The van der Waals surface area contributed by atoms with Crippen molar-refractivity contribution in [2.75, 3.05) is 13.1 Å². The Morgan fingerprint density at radius 2 is 1.48 bits per heavy atom. The minimum absolute atomic E-state index is 0.0727. The van der Waals surface area contributed by atoms with Gasteiger partial charge in [-0.3, -0.25) is 14.4 Å². The lowest BCUT2D eigenvalue weighted by Gasteiger charge is -2.30. The summed E-state index contributed by atoms with van der Waals surface area (Å²) in [6.07, 6.45) is 4.94. The molecule has 2 aromatic carbocycles. The fraction of sp³-hybridized carbons (Fsp3) is 0.444. The number of carboxylic acids is 1. The van der Waals surface area contributed by atoms with Gasteiger partial charge in [0.2, 0.25) is 11.8 Å². The maximum atomic E-state index is 13.3. The Morgan fingerprint density at radius 3 is 2.09 bits per heavy atom. The van der Waals surface area contributed by atoms with Crippen LogP contribution >= 0.6 is 0 Å². The van der Waals surface area contributed by atoms with E-state index in [-0.39, 0.29) is 18.2 Å². The lowest BCUT2D eigenvalue weighted by molar-refractivity contribution is -0.146. The molecule has 2 fully saturated rings. The number of rotatable bonds is 8. The first kappa shape index (κ1) is 23.0. The third-order valence-electron chi connectivity index (χ3n) is 7.05. The molecular formula is C27H32N2O4. The molecule has 0 radical (unpaired) electrons. The molecule has 0 aromatic heterocycles. The summed E-state index contributed by atoms with van der Waals surface area (Å²) in [5, 5.41) is 12.4. The maximum Gasteiger partial charge on any atom is 0.304 e. The normalized spacial score (nSPS) is 18.1. The van der Waals surface area contributed by atoms with Gasteiger partial charge in [0.05, 0.1) is 11.8 Å². The molecule has 1 saturated carbocycles. The van der Waals surface area contributed by atoms with Crippen molar-refractivity contribution in [3.63, 3.8) is 0 Å². The third-order valence-corrected chi connectivity index (χ3v) is 7.05. The molecular weight excluding hydrogens is 416 g/mol. The molecule has 2 aromatic rings. The summed E-state index contributed by atoms with van der Waals surface area (Å²) in [7, 11) is 0. The topological polar surface area (TPSA) is 86.7 Å². The fourth-order valence-electron chi connectivity index (χ4n) is 5.19. The van der Waals surface area contributed by atoms with Crippen molar-refractivity contribution in [2.24, 2.45) is 5.41 Å². The van der Waals surface area contributed by atoms with Gasteiger partial charge in [-0.25, -0.2) is 0 Å². The van der Waals surface area contributed by atoms with E-state index < -0.39 is 17.4 Å². The van der Waals surface area contributed by atoms with Gasteiger partial charge in [-0.2, -0.15) is 0 Å². The Balaban J connectivity index is 1.53. The minimum Gasteiger partial charge on any atom is -0.481 e. The molecule has 4 rings (SSSR count). The minimum atomic E-state index is -0.967. The van der Waals surface area contributed by atoms with E-state index in [9.17, 15) is 19.5 Å². The summed E-state index contributed by atoms with van der Waals surface area (Å²) in [4.78, 5) is 39.9. The number of benzene rings is 2. The highest BCUT2D eigenvalue weighted by molar-refractivity contribution is 5.92. The van der Waals surface area contributed by atoms with Gasteiger partial charge in [-0.05, 0) is 42.4 Å². The van der Waals surface area contributed by atoms with Gasteiger partial charge in [0.25, 0.3) is 0 Å². The van der Waals surface area contributed by atoms with E-state index in [1.54, 1.807) is 0 Å². The fourth-order valence-corrected chi connectivity index (χ4v) is 5.19. The molecule has 1 aliphatic carbocycles. The Morgan fingerprint density at radius 1 is 0.879 bits per heavy atom. The molecule has 174 valence electrons. The highest BCUT2D eigenvalue weighted by Crippen LogP contribution is 2.41. The Kier molecular flexibility index (Phi) is 7.11. The molecule has 1 aliphatic heterocycles. The predicted octanol–water partition coefficient (Wildman–Crippen LogP) is 4.04. The predicted molar refractivity (Wildman–Crippen MR) is 126 cm³/mol. The molecule has 6 heteroatoms. The lowest BCUT2D eigenvalue weighted by atomic mass is 9.81. The van der Waals surface area contributed by atoms with Crippen molar-refractivity contribution in [3.8, 4) is 11.1 Å². The van der Waals surface area contributed by atoms with Crippen LogP contribution in [0.25, 0.3) is 11.1 Å². The number of nitrogens with zero attached hydrogens (tertiary/aromatic N) is 1. The Bertz CT molecular complexity index is 975. The van der Waals surface area contributed by atoms with Crippen molar-refractivity contribution in [3.05, 3.63) is 60.2 Å². The monoisotopic (exact) mass is 448 g/mol. The van der Waals surface area contributed by atoms with Crippen LogP contribution in [0, 0.1) is 5.41 Å². The van der Waals surface area contributed by atoms with E-state index >= 15 is 0 Å². The van der Waals surface area contributed by atoms with E-state index in [4.69, 9.17) is 0 Å². The Hall–Kier alpha value is -3.15. The third kappa shape index (κ3) is 5.44. The van der Waals surface area contributed by atoms with Gasteiger partial charge in [-0.15, -0.1) is 0 Å². The summed E-state index contributed by atoms with van der Waals surface area (Å²) in [6, 6.07) is 17.5. The van der Waals surface area contributed by atoms with Crippen molar-refractivity contribution >= 4 is 17.8 Å². The SMILES string of the molecule is O=C(O)CC1(C(=O)N[C@@H](Cc2ccc(-c3ccccc3)cc2)C(=O)N2CCCC2)CCCC1. The van der Waals surface area contributed by atoms with Crippen LogP contribution < -0.4 is 5.32 Å². The van der Waals surface area contributed by atoms with Crippen LogP contribution in [0.1, 0.15) is 50.5 Å². The van der Waals surface area contributed by atoms with Crippen LogP contribution in [0.15, 0.2) is 54.6 Å². The van der Waals surface area contributed by atoms with Crippen molar-refractivity contribution in [1.82, 2.24) is 10.2 Å². The summed E-state index contributed by atoms with van der Waals surface area (Å²) in [5.74, 6) is -1.33. The highest BCUT2D eigenvalue weighted by Gasteiger charge is 2.44. The van der Waals surface area contributed by atoms with Gasteiger partial charge in [0.15, 0.2) is 0 Å². The second kappa shape index (κ2) is 10.2. The molecule has 2 N–H and O–H groups in total. The second-order valence-corrected chi connectivity index (χ2v) is 9.38. The number of aliphatic carboxylic acids is 1. The zero-order chi connectivity index (χ0) is 23.3. The lowest BCUT2D eigenvalue weighted by Crippen LogP contribution is -2.53. The second-order valence-electron chi connectivity index (χ2n) is 9.38. The van der Waals surface area contributed by atoms with E-state index in [1.165, 1.54) is 0 Å². The van der Waals surface area contributed by atoms with E-state index in [1.807, 2.05) is 47.4 Å². The first-order valence-corrected chi connectivity index (χ1v) is 11.9. The number of likely N-dealkylation sites (tertiary alicyclic amines) is 1. The van der Waals surface area contributed by atoms with Crippen molar-refractivity contribution in [2.45, 2.75) is 57.4 Å². The van der Waals surface area contributed by atoms with Gasteiger partial charge < -0.3 is 15.3 Å². The van der Waals surface area contributed by atoms with Crippen LogP contribution in [-0.4, -0.2) is 46.9 Å². The van der Waals surface area contributed by atoms with Crippen LogP contribution in [0.2, 0.25) is 0 Å². The summed E-state index contributed by atoms with van der Waals surface area (Å²) in [6.45, 7) is 1.41. The Labute approximate surface area is 195 Å². The summed E-state index contributed by atoms with van der Waals surface area (Å²) < 4.78 is 0. The molecule has 2 aliphatic rings. The van der Waals surface area contributed by atoms with Crippen molar-refractivity contribution in [1.29, 1.82) is 0 Å². The number of amides is 2. The molecule has 1 saturated heterocycles. The van der Waals surface area contributed by atoms with Crippen LogP contribution in [-0.2, 0) is 20.8 Å². The molecule has 6 nitrogen and oxygen atoms in total. The quantitative estimate of drug-likeness (QED) is 0.638. The van der Waals surface area contributed by atoms with Gasteiger partial charge in [0, 0.05) is 19.5 Å². The molecule has 0 unspecified atom stereocenters. The van der Waals surface area contributed by atoms with E-state index in [0.29, 0.717) is 32.4 Å². The molecule has 0 bridgehead atoms. The smallest absolute Gasteiger partial charge is 0.304 e. The number of hydrogen-bond acceptors (Lipinski definition) is 3. The first-order chi connectivity index (χ1) is 16.0. The largest absolute Gasteiger partial charge is 0.481 e. The zero-order valence-electron chi connectivity index (χ0n) is 19.0. The standard InChI is InChI=1S/C27H32N2O4/c30-24(31)19-27(14-4-5-15-27)26(33)28-23(25(32)29-16-6-7-17-29)18-20-10-12-22(13-11-20)21-8-2-1-3-9-21/h1-3,8-13,23H,4-7,14-19H2,(H,28,33)(H,30,31)/t23-/m0/s1. The van der Waals surface area contributed by atoms with Crippen LogP contribution in [0.3, 0.4) is 0 Å². The molecule has 1 atom stereocenters. The van der Waals surface area contributed by atoms with Gasteiger partial charge in [-0.1, -0.05) is 67.4 Å². The average Bonchev–Trinajstić information content (AvgIpc) is 3.52. The molecule has 0 spiro atoms. The molecule has 2 amide bonds. The number of carbonyl (C=O) groups excluding carboxylic acids is 2. The number of hydrogen-bond donors (Lipinski definition) is 2. The number of nitrogens with one attached hydrogen (secondary N) is 1. The van der Waals surface area contributed by atoms with Gasteiger partial charge in [0.1, 0.15) is 6.04 Å².